The molecule has 0 N–H and O–H groups in total. The molecule has 0 heterocycles. The maximum atomic E-state index is 2.35. The van der Waals surface area contributed by atoms with E-state index in [4.69, 9.17) is 0 Å². The fraction of sp³-hybridized carbons (Fsp3) is 0.167. The molecule has 0 aromatic heterocycles. The van der Waals surface area contributed by atoms with Gasteiger partial charge in [-0.05, 0) is 18.9 Å². The summed E-state index contributed by atoms with van der Waals surface area (Å²) in [7, 11) is -0.0857. The molecular formula is C18H18LiP. The third kappa shape index (κ3) is 2.62. The van der Waals surface area contributed by atoms with Gasteiger partial charge in [-0.25, -0.2) is 0 Å². The summed E-state index contributed by atoms with van der Waals surface area (Å²) < 4.78 is 0. The molecule has 0 fully saturated rings. The van der Waals surface area contributed by atoms with Crippen molar-refractivity contribution in [1.82, 2.24) is 0 Å². The Bertz CT molecular complexity index is 711. The number of fused-ring (bicyclic) bond motifs is 1. The van der Waals surface area contributed by atoms with E-state index < -0.39 is 0 Å². The molecule has 0 aliphatic carbocycles. The van der Waals surface area contributed by atoms with Crippen LogP contribution in [0, 0.1) is 6.92 Å². The molecule has 0 aliphatic heterocycles. The zero-order valence-corrected chi connectivity index (χ0v) is 13.5. The van der Waals surface area contributed by atoms with Crippen LogP contribution in [0.2, 0.25) is 0 Å². The molecule has 2 heteroatoms. The summed E-state index contributed by atoms with van der Waals surface area (Å²) in [4.78, 5) is 0. The zero-order valence-electron chi connectivity index (χ0n) is 12.6. The van der Waals surface area contributed by atoms with Gasteiger partial charge in [-0.1, -0.05) is 48.9 Å². The molecule has 0 radical (unpaired) electrons. The van der Waals surface area contributed by atoms with E-state index in [9.17, 15) is 0 Å². The van der Waals surface area contributed by atoms with Gasteiger partial charge in [0.2, 0.25) is 0 Å². The molecule has 0 saturated carbocycles. The Labute approximate surface area is 134 Å². The molecule has 0 unspecified atom stereocenters. The normalized spacial score (nSPS) is 10.8. The molecule has 3 aromatic rings. The third-order valence-corrected chi connectivity index (χ3v) is 5.08. The van der Waals surface area contributed by atoms with Gasteiger partial charge in [0.1, 0.15) is 0 Å². The summed E-state index contributed by atoms with van der Waals surface area (Å²) in [5.41, 5.74) is 4.13. The van der Waals surface area contributed by atoms with Crippen LogP contribution in [0.25, 0.3) is 21.9 Å². The summed E-state index contributed by atoms with van der Waals surface area (Å²) in [5.74, 6) is 0. The Kier molecular flexibility index (Phi) is 4.82. The summed E-state index contributed by atoms with van der Waals surface area (Å²) in [6.07, 6.45) is 0. The number of rotatable bonds is 2. The van der Waals surface area contributed by atoms with Gasteiger partial charge in [0, 0.05) is 0 Å². The Morgan fingerprint density at radius 2 is 1.60 bits per heavy atom. The van der Waals surface area contributed by atoms with Crippen LogP contribution in [0.4, 0.5) is 0 Å². The Morgan fingerprint density at radius 1 is 0.900 bits per heavy atom. The summed E-state index contributed by atoms with van der Waals surface area (Å²) in [5, 5.41) is 4.40. The molecule has 3 aromatic carbocycles. The van der Waals surface area contributed by atoms with Crippen LogP contribution in [0.3, 0.4) is 0 Å². The second kappa shape index (κ2) is 6.24. The Morgan fingerprint density at radius 3 is 2.25 bits per heavy atom. The zero-order chi connectivity index (χ0) is 13.4. The average molecular weight is 272 g/mol. The van der Waals surface area contributed by atoms with Gasteiger partial charge in [0.25, 0.3) is 0 Å². The molecule has 0 bridgehead atoms. The molecule has 96 valence electrons. The largest absolute Gasteiger partial charge is 1.00 e. The van der Waals surface area contributed by atoms with E-state index in [1.165, 1.54) is 27.5 Å². The van der Waals surface area contributed by atoms with Crippen LogP contribution in [-0.4, -0.2) is 13.3 Å². The molecule has 0 nitrogen and oxygen atoms in total. The monoisotopic (exact) mass is 272 g/mol. The van der Waals surface area contributed by atoms with E-state index in [1.54, 1.807) is 5.30 Å². The standard InChI is InChI=1S/C18H18P.Li/c1-13-12-15-10-7-11-16(14-8-5-4-6-9-14)17(15)18(13)19(2)3;/h4-12H,1-3H3;/q-1;+1. The smallest absolute Gasteiger partial charge is 0.149 e. The predicted molar refractivity (Wildman–Crippen MR) is 88.1 cm³/mol. The number of aryl methyl sites for hydroxylation is 1. The molecular weight excluding hydrogens is 254 g/mol. The van der Waals surface area contributed by atoms with Gasteiger partial charge in [-0.15, -0.1) is 47.8 Å². The summed E-state index contributed by atoms with van der Waals surface area (Å²) >= 11 is 0. The number of benzene rings is 2. The van der Waals surface area contributed by atoms with Crippen LogP contribution in [0.1, 0.15) is 5.56 Å². The summed E-state index contributed by atoms with van der Waals surface area (Å²) in [6.45, 7) is 6.93. The van der Waals surface area contributed by atoms with Crippen molar-refractivity contribution in [2.45, 2.75) is 6.92 Å². The first kappa shape index (κ1) is 15.5. The second-order valence-corrected chi connectivity index (χ2v) is 7.44. The van der Waals surface area contributed by atoms with Crippen molar-refractivity contribution in [3.8, 4) is 11.1 Å². The van der Waals surface area contributed by atoms with Crippen molar-refractivity contribution < 1.29 is 18.9 Å². The van der Waals surface area contributed by atoms with Crippen LogP contribution < -0.4 is 24.2 Å². The summed E-state index contributed by atoms with van der Waals surface area (Å²) in [6, 6.07) is 19.7. The topological polar surface area (TPSA) is 0 Å². The maximum Gasteiger partial charge on any atom is 1.00 e. The van der Waals surface area contributed by atoms with Gasteiger partial charge < -0.3 is 0 Å². The van der Waals surface area contributed by atoms with Crippen LogP contribution in [0.5, 0.6) is 0 Å². The molecule has 0 amide bonds. The fourth-order valence-electron chi connectivity index (χ4n) is 2.89. The van der Waals surface area contributed by atoms with Gasteiger partial charge >= 0.3 is 18.9 Å². The minimum absolute atomic E-state index is 0. The molecule has 20 heavy (non-hydrogen) atoms. The van der Waals surface area contributed by atoms with E-state index >= 15 is 0 Å². The van der Waals surface area contributed by atoms with Crippen molar-refractivity contribution >= 4 is 24.0 Å². The molecule has 3 rings (SSSR count). The first-order valence-electron chi connectivity index (χ1n) is 6.60. The SMILES string of the molecule is Cc1[cH-]c2cccc(-c3ccccc3)c2c1P(C)C.[Li+]. The Hall–Kier alpha value is -0.923. The first-order chi connectivity index (χ1) is 9.18. The van der Waals surface area contributed by atoms with E-state index in [2.05, 4.69) is 74.9 Å². The molecule has 0 saturated heterocycles. The van der Waals surface area contributed by atoms with Crippen LogP contribution in [-0.2, 0) is 0 Å². The van der Waals surface area contributed by atoms with Crippen molar-refractivity contribution in [3.63, 3.8) is 0 Å². The number of hydrogen-bond acceptors (Lipinski definition) is 0. The third-order valence-electron chi connectivity index (χ3n) is 3.61. The molecule has 0 atom stereocenters. The van der Waals surface area contributed by atoms with Gasteiger partial charge in [-0.3, -0.25) is 0 Å². The van der Waals surface area contributed by atoms with Crippen LogP contribution >= 0.6 is 7.92 Å². The Balaban J connectivity index is 0.00000147. The average Bonchev–Trinajstić information content (AvgIpc) is 2.75. The minimum Gasteiger partial charge on any atom is -0.149 e. The number of hydrogen-bond donors (Lipinski definition) is 0. The van der Waals surface area contributed by atoms with Crippen molar-refractivity contribution in [2.75, 3.05) is 13.3 Å². The van der Waals surface area contributed by atoms with Gasteiger partial charge in [-0.2, -0.15) is 0 Å². The maximum absolute atomic E-state index is 2.35. The van der Waals surface area contributed by atoms with Crippen LogP contribution in [0.15, 0.2) is 54.6 Å². The first-order valence-corrected chi connectivity index (χ1v) is 8.84. The van der Waals surface area contributed by atoms with Crippen molar-refractivity contribution in [2.24, 2.45) is 0 Å². The van der Waals surface area contributed by atoms with Gasteiger partial charge in [0.05, 0.1) is 0 Å². The van der Waals surface area contributed by atoms with E-state index in [0.29, 0.717) is 0 Å². The van der Waals surface area contributed by atoms with E-state index in [-0.39, 0.29) is 26.8 Å². The van der Waals surface area contributed by atoms with Gasteiger partial charge in [0.15, 0.2) is 0 Å². The minimum atomic E-state index is -0.0857. The fourth-order valence-corrected chi connectivity index (χ4v) is 4.35. The van der Waals surface area contributed by atoms with E-state index in [0.717, 1.165) is 0 Å². The molecule has 0 spiro atoms. The predicted octanol–water partition coefficient (Wildman–Crippen LogP) is 1.90. The van der Waals surface area contributed by atoms with Crippen molar-refractivity contribution in [3.05, 3.63) is 60.2 Å². The molecule has 0 aliphatic rings. The van der Waals surface area contributed by atoms with Crippen molar-refractivity contribution in [1.29, 1.82) is 0 Å². The quantitative estimate of drug-likeness (QED) is 0.380. The second-order valence-electron chi connectivity index (χ2n) is 5.21. The van der Waals surface area contributed by atoms with E-state index in [1.807, 2.05) is 0 Å².